The topological polar surface area (TPSA) is 137 Å². The zero-order chi connectivity index (χ0) is 21.3. The molecule has 1 amide bonds. The highest BCUT2D eigenvalue weighted by Gasteiger charge is 2.39. The van der Waals surface area contributed by atoms with Crippen molar-refractivity contribution in [3.05, 3.63) is 46.5 Å². The van der Waals surface area contributed by atoms with Crippen LogP contribution in [0.25, 0.3) is 0 Å². The normalized spacial score (nSPS) is 18.1. The molecule has 30 heavy (non-hydrogen) atoms. The van der Waals surface area contributed by atoms with Crippen molar-refractivity contribution >= 4 is 29.3 Å². The molecular formula is C21H26N6O3. The first-order valence-electron chi connectivity index (χ1n) is 10.1. The van der Waals surface area contributed by atoms with Crippen LogP contribution in [-0.4, -0.2) is 50.4 Å². The Morgan fingerprint density at radius 3 is 2.57 bits per heavy atom. The molecule has 1 aliphatic carbocycles. The molecule has 0 atom stereocenters. The fourth-order valence-electron chi connectivity index (χ4n) is 3.76. The van der Waals surface area contributed by atoms with E-state index in [0.29, 0.717) is 37.3 Å². The lowest BCUT2D eigenvalue weighted by Crippen LogP contribution is -2.50. The van der Waals surface area contributed by atoms with E-state index in [0.717, 1.165) is 19.1 Å². The summed E-state index contributed by atoms with van der Waals surface area (Å²) in [6, 6.07) is 6.97. The van der Waals surface area contributed by atoms with Crippen LogP contribution in [0, 0.1) is 11.3 Å². The summed E-state index contributed by atoms with van der Waals surface area (Å²) in [6.45, 7) is 1.05. The van der Waals surface area contributed by atoms with Gasteiger partial charge in [-0.05, 0) is 49.9 Å². The average Bonchev–Trinajstić information content (AvgIpc) is 3.57. The van der Waals surface area contributed by atoms with Gasteiger partial charge in [0.05, 0.1) is 18.5 Å². The summed E-state index contributed by atoms with van der Waals surface area (Å²) in [5.41, 5.74) is 5.63. The molecule has 0 unspecified atom stereocenters. The number of nitrogens with zero attached hydrogens (tertiary/aromatic N) is 3. The third kappa shape index (κ3) is 4.20. The molecule has 1 aromatic heterocycles. The van der Waals surface area contributed by atoms with Crippen molar-refractivity contribution in [3.63, 3.8) is 0 Å². The van der Waals surface area contributed by atoms with Gasteiger partial charge < -0.3 is 26.5 Å². The van der Waals surface area contributed by atoms with Gasteiger partial charge in [-0.2, -0.15) is 0 Å². The lowest BCUT2D eigenvalue weighted by Gasteiger charge is -2.38. The van der Waals surface area contributed by atoms with E-state index < -0.39 is 11.2 Å². The number of carbonyl (C=O) groups is 1. The van der Waals surface area contributed by atoms with Gasteiger partial charge in [0.2, 0.25) is 5.91 Å². The number of nitrogens with two attached hydrogens (primary N) is 1. The van der Waals surface area contributed by atoms with Crippen molar-refractivity contribution in [2.24, 2.45) is 5.92 Å². The smallest absolute Gasteiger partial charge is 0.264 e. The Balaban J connectivity index is 1.48. The molecule has 1 aromatic carbocycles. The average molecular weight is 410 g/mol. The lowest BCUT2D eigenvalue weighted by molar-refractivity contribution is -0.137. The second kappa shape index (κ2) is 7.91. The van der Waals surface area contributed by atoms with Crippen molar-refractivity contribution in [1.29, 1.82) is 5.41 Å². The first-order valence-corrected chi connectivity index (χ1v) is 10.1. The first kappa shape index (κ1) is 20.1. The van der Waals surface area contributed by atoms with Crippen LogP contribution in [0.2, 0.25) is 0 Å². The molecule has 2 aromatic rings. The largest absolute Gasteiger partial charge is 0.399 e. The number of carbonyl (C=O) groups excluding carboxylic acids is 1. The van der Waals surface area contributed by atoms with Crippen molar-refractivity contribution < 1.29 is 9.90 Å². The molecule has 0 spiro atoms. The Hall–Kier alpha value is -3.20. The van der Waals surface area contributed by atoms with E-state index in [1.807, 2.05) is 4.90 Å². The van der Waals surface area contributed by atoms with E-state index in [1.165, 1.54) is 10.9 Å². The molecule has 1 saturated heterocycles. The maximum Gasteiger partial charge on any atom is 0.264 e. The van der Waals surface area contributed by atoms with Crippen LogP contribution in [0.15, 0.2) is 35.4 Å². The Bertz CT molecular complexity index is 1000. The predicted octanol–water partition coefficient (Wildman–Crippen LogP) is 1.33. The van der Waals surface area contributed by atoms with Crippen LogP contribution in [0.3, 0.4) is 0 Å². The summed E-state index contributed by atoms with van der Waals surface area (Å²) >= 11 is 0. The van der Waals surface area contributed by atoms with E-state index in [9.17, 15) is 14.7 Å². The number of benzene rings is 1. The van der Waals surface area contributed by atoms with Crippen LogP contribution < -0.4 is 16.6 Å². The maximum absolute atomic E-state index is 12.9. The van der Waals surface area contributed by atoms with Gasteiger partial charge in [0, 0.05) is 36.6 Å². The molecule has 158 valence electrons. The first-order chi connectivity index (χ1) is 14.4. The monoisotopic (exact) mass is 410 g/mol. The number of rotatable bonds is 6. The van der Waals surface area contributed by atoms with Gasteiger partial charge in [-0.1, -0.05) is 0 Å². The van der Waals surface area contributed by atoms with Gasteiger partial charge in [-0.25, -0.2) is 4.98 Å². The number of piperidine rings is 1. The zero-order valence-electron chi connectivity index (χ0n) is 16.7. The van der Waals surface area contributed by atoms with Crippen LogP contribution in [-0.2, 0) is 11.3 Å². The number of nitrogens with one attached hydrogen (secondary N) is 2. The number of aromatic nitrogens is 2. The molecule has 4 rings (SSSR count). The Morgan fingerprint density at radius 1 is 1.30 bits per heavy atom. The van der Waals surface area contributed by atoms with Gasteiger partial charge in [0.1, 0.15) is 11.4 Å². The molecule has 2 fully saturated rings. The van der Waals surface area contributed by atoms with Crippen molar-refractivity contribution in [2.75, 3.05) is 24.1 Å². The fourth-order valence-corrected chi connectivity index (χ4v) is 3.76. The van der Waals surface area contributed by atoms with E-state index in [4.69, 9.17) is 11.1 Å². The van der Waals surface area contributed by atoms with Gasteiger partial charge >= 0.3 is 0 Å². The SMILES string of the molecule is N=Cc1c(Nc2ccc(N)cc2)ncn(CC2(O)CCN(C(=O)C3CC3)CC2)c1=O. The number of amides is 1. The minimum atomic E-state index is -1.09. The molecular weight excluding hydrogens is 384 g/mol. The summed E-state index contributed by atoms with van der Waals surface area (Å²) < 4.78 is 1.34. The molecule has 1 aliphatic heterocycles. The summed E-state index contributed by atoms with van der Waals surface area (Å²) in [4.78, 5) is 31.2. The van der Waals surface area contributed by atoms with E-state index in [2.05, 4.69) is 10.3 Å². The molecule has 9 heteroatoms. The quantitative estimate of drug-likeness (QED) is 0.419. The van der Waals surface area contributed by atoms with Crippen LogP contribution in [0.1, 0.15) is 31.2 Å². The summed E-state index contributed by atoms with van der Waals surface area (Å²) in [6.07, 6.45) is 5.08. The van der Waals surface area contributed by atoms with Crippen molar-refractivity contribution in [3.8, 4) is 0 Å². The fraction of sp³-hybridized carbons (Fsp3) is 0.429. The number of hydrogen-bond donors (Lipinski definition) is 4. The molecule has 0 radical (unpaired) electrons. The van der Waals surface area contributed by atoms with Crippen LogP contribution >= 0.6 is 0 Å². The van der Waals surface area contributed by atoms with Gasteiger partial charge in [-0.15, -0.1) is 0 Å². The zero-order valence-corrected chi connectivity index (χ0v) is 16.7. The minimum Gasteiger partial charge on any atom is -0.399 e. The number of aliphatic hydroxyl groups is 1. The second-order valence-corrected chi connectivity index (χ2v) is 8.16. The minimum absolute atomic E-state index is 0.0767. The summed E-state index contributed by atoms with van der Waals surface area (Å²) in [5, 5.41) is 21.7. The van der Waals surface area contributed by atoms with E-state index in [-0.39, 0.29) is 29.8 Å². The van der Waals surface area contributed by atoms with E-state index in [1.54, 1.807) is 24.3 Å². The summed E-state index contributed by atoms with van der Waals surface area (Å²) in [7, 11) is 0. The Morgan fingerprint density at radius 2 is 1.97 bits per heavy atom. The Labute approximate surface area is 174 Å². The summed E-state index contributed by atoms with van der Waals surface area (Å²) in [5.74, 6) is 0.618. The standard InChI is InChI=1S/C21H26N6O3/c22-11-17-18(25-16-5-3-15(23)4-6-16)24-13-27(20(17)29)12-21(30)7-9-26(10-8-21)19(28)14-1-2-14/h3-6,11,13-14,22,25,30H,1-2,7-10,12,23H2. The molecule has 2 aliphatic rings. The third-order valence-corrected chi connectivity index (χ3v) is 5.79. The molecule has 9 nitrogen and oxygen atoms in total. The predicted molar refractivity (Wildman–Crippen MR) is 114 cm³/mol. The number of likely N-dealkylation sites (tertiary alicyclic amines) is 1. The highest BCUT2D eigenvalue weighted by Crippen LogP contribution is 2.33. The van der Waals surface area contributed by atoms with Gasteiger partial charge in [-0.3, -0.25) is 14.2 Å². The molecule has 2 heterocycles. The number of anilines is 3. The number of nitrogen functional groups attached to an aromatic ring is 1. The van der Waals surface area contributed by atoms with Crippen LogP contribution in [0.5, 0.6) is 0 Å². The van der Waals surface area contributed by atoms with Crippen LogP contribution in [0.4, 0.5) is 17.2 Å². The van der Waals surface area contributed by atoms with E-state index >= 15 is 0 Å². The molecule has 5 N–H and O–H groups in total. The maximum atomic E-state index is 12.9. The van der Waals surface area contributed by atoms with Gasteiger partial charge in [0.15, 0.2) is 0 Å². The van der Waals surface area contributed by atoms with Gasteiger partial charge in [0.25, 0.3) is 5.56 Å². The molecule has 1 saturated carbocycles. The van der Waals surface area contributed by atoms with Crippen molar-refractivity contribution in [2.45, 2.75) is 37.8 Å². The lowest BCUT2D eigenvalue weighted by atomic mass is 9.91. The Kier molecular flexibility index (Phi) is 5.29. The highest BCUT2D eigenvalue weighted by atomic mass is 16.3. The highest BCUT2D eigenvalue weighted by molar-refractivity contribution is 5.85. The second-order valence-electron chi connectivity index (χ2n) is 8.16. The number of hydrogen-bond acceptors (Lipinski definition) is 7. The van der Waals surface area contributed by atoms with Crippen molar-refractivity contribution in [1.82, 2.24) is 14.5 Å². The third-order valence-electron chi connectivity index (χ3n) is 5.79. The molecule has 0 bridgehead atoms.